The summed E-state index contributed by atoms with van der Waals surface area (Å²) in [7, 11) is 0. The predicted octanol–water partition coefficient (Wildman–Crippen LogP) is -2.59. The fraction of sp³-hybridized carbons (Fsp3) is 1.00. The molecule has 0 aromatic carbocycles. The molecule has 0 saturated carbocycles. The molecule has 1 aliphatic rings. The van der Waals surface area contributed by atoms with Gasteiger partial charge in [-0.2, -0.15) is 0 Å². The van der Waals surface area contributed by atoms with Crippen molar-refractivity contribution >= 4 is 0 Å². The first kappa shape index (κ1) is 3.87. The molecule has 1 nitrogen and oxygen atoms in total. The van der Waals surface area contributed by atoms with E-state index in [1.165, 1.54) is 10.8 Å². The second kappa shape index (κ2) is 1.97. The molecule has 0 spiro atoms. The van der Waals surface area contributed by atoms with E-state index >= 15 is 0 Å². The quantitative estimate of drug-likeness (QED) is 0.297. The van der Waals surface area contributed by atoms with Crippen molar-refractivity contribution in [3.05, 3.63) is 0 Å². The summed E-state index contributed by atoms with van der Waals surface area (Å²) in [5, 5.41) is 0. The van der Waals surface area contributed by atoms with Crippen LogP contribution in [0.25, 0.3) is 0 Å². The summed E-state index contributed by atoms with van der Waals surface area (Å²) in [6.45, 7) is 1.05. The van der Waals surface area contributed by atoms with Gasteiger partial charge in [-0.3, -0.25) is 0 Å². The van der Waals surface area contributed by atoms with Gasteiger partial charge in [0.25, 0.3) is 0 Å². The Kier molecular flexibility index (Phi) is 1.52. The monoisotopic (exact) mass is 185 g/mol. The van der Waals surface area contributed by atoms with Gasteiger partial charge in [-0.1, -0.05) is 0 Å². The zero-order valence-corrected chi connectivity index (χ0v) is 5.07. The van der Waals surface area contributed by atoms with Crippen molar-refractivity contribution in [2.45, 2.75) is 6.42 Å². The van der Waals surface area contributed by atoms with Crippen molar-refractivity contribution in [1.29, 1.82) is 0 Å². The molecule has 2 heteroatoms. The second-order valence-corrected chi connectivity index (χ2v) is 3.29. The Hall–Kier alpha value is 0.690. The minimum atomic E-state index is 0.242. The Morgan fingerprint density at radius 1 is 1.60 bits per heavy atom. The summed E-state index contributed by atoms with van der Waals surface area (Å²) in [5.41, 5.74) is 0. The zero-order chi connectivity index (χ0) is 3.54. The van der Waals surface area contributed by atoms with Crippen LogP contribution in [0.3, 0.4) is 0 Å². The zero-order valence-electron chi connectivity index (χ0n) is 2.91. The average molecular weight is 185 g/mol. The van der Waals surface area contributed by atoms with Gasteiger partial charge in [0.1, 0.15) is 0 Å². The van der Waals surface area contributed by atoms with E-state index in [1.54, 1.807) is 0 Å². The molecule has 1 fully saturated rings. The van der Waals surface area contributed by atoms with Gasteiger partial charge < -0.3 is 0 Å². The molecule has 0 bridgehead atoms. The van der Waals surface area contributed by atoms with E-state index in [1.807, 2.05) is 0 Å². The summed E-state index contributed by atoms with van der Waals surface area (Å²) in [6, 6.07) is 0. The first-order valence-electron chi connectivity index (χ1n) is 1.71. The predicted molar refractivity (Wildman–Crippen MR) is 15.4 cm³/mol. The summed E-state index contributed by atoms with van der Waals surface area (Å²) >= 11 is 0.242. The van der Waals surface area contributed by atoms with Crippen LogP contribution in [0.5, 0.6) is 0 Å². The molecule has 32 valence electrons. The summed E-state index contributed by atoms with van der Waals surface area (Å²) in [5.74, 6) is 0. The van der Waals surface area contributed by atoms with Gasteiger partial charge in [0.15, 0.2) is 0 Å². The van der Waals surface area contributed by atoms with Gasteiger partial charge in [0.2, 0.25) is 0 Å². The van der Waals surface area contributed by atoms with Gasteiger partial charge in [0, 0.05) is 0 Å². The van der Waals surface area contributed by atoms with Gasteiger partial charge in [-0.05, 0) is 0 Å². The number of alkyl halides is 1. The molecule has 0 amide bonds. The molecular weight excluding hydrogens is 179 g/mol. The number of rotatable bonds is 0. The van der Waals surface area contributed by atoms with Crippen LogP contribution in [-0.2, 0) is 3.07 Å². The van der Waals surface area contributed by atoms with Crippen molar-refractivity contribution in [2.75, 3.05) is 11.0 Å². The SMILES string of the molecule is C1CO[I-]C1. The molecule has 0 atom stereocenters. The summed E-state index contributed by atoms with van der Waals surface area (Å²) in [4.78, 5) is 0. The normalized spacial score (nSPS) is 25.6. The Labute approximate surface area is 42.5 Å². The maximum atomic E-state index is 5.05. The van der Waals surface area contributed by atoms with Gasteiger partial charge in [-0.25, -0.2) is 0 Å². The van der Waals surface area contributed by atoms with Crippen LogP contribution in [0.15, 0.2) is 0 Å². The molecule has 0 radical (unpaired) electrons. The Balaban J connectivity index is 2.08. The molecule has 1 aliphatic heterocycles. The van der Waals surface area contributed by atoms with E-state index in [4.69, 9.17) is 3.07 Å². The number of halogens is 1. The molecular formula is C3H6IO-. The van der Waals surface area contributed by atoms with E-state index in [2.05, 4.69) is 0 Å². The molecule has 0 unspecified atom stereocenters. The standard InChI is InChI=1S/C3H6IO/c1-2-4-5-3-1/h1-3H2/q-1. The Bertz CT molecular complexity index is 18.5. The molecule has 0 aliphatic carbocycles. The first-order chi connectivity index (χ1) is 2.50. The summed E-state index contributed by atoms with van der Waals surface area (Å²) in [6.07, 6.45) is 1.33. The van der Waals surface area contributed by atoms with Gasteiger partial charge >= 0.3 is 42.1 Å². The maximum absolute atomic E-state index is 5.05. The number of hydrogen-bond donors (Lipinski definition) is 0. The second-order valence-electron chi connectivity index (χ2n) is 0.965. The van der Waals surface area contributed by atoms with E-state index in [0.29, 0.717) is 0 Å². The topological polar surface area (TPSA) is 9.23 Å². The van der Waals surface area contributed by atoms with E-state index in [0.717, 1.165) is 6.61 Å². The summed E-state index contributed by atoms with van der Waals surface area (Å²) < 4.78 is 6.44. The van der Waals surface area contributed by atoms with Crippen molar-refractivity contribution < 1.29 is 24.7 Å². The molecule has 0 N–H and O–H groups in total. The molecule has 1 saturated heterocycles. The van der Waals surface area contributed by atoms with Crippen LogP contribution in [-0.4, -0.2) is 11.0 Å². The fourth-order valence-corrected chi connectivity index (χ4v) is 1.83. The first-order valence-corrected chi connectivity index (χ1v) is 4.12. The van der Waals surface area contributed by atoms with Crippen LogP contribution in [0, 0.1) is 0 Å². The third kappa shape index (κ3) is 1.05. The minimum absolute atomic E-state index is 0.242. The third-order valence-electron chi connectivity index (χ3n) is 0.509. The van der Waals surface area contributed by atoms with Gasteiger partial charge in [0.05, 0.1) is 0 Å². The molecule has 1 heterocycles. The van der Waals surface area contributed by atoms with Crippen LogP contribution >= 0.6 is 0 Å². The van der Waals surface area contributed by atoms with Crippen LogP contribution in [0.2, 0.25) is 0 Å². The fourth-order valence-electron chi connectivity index (χ4n) is 0.273. The van der Waals surface area contributed by atoms with Gasteiger partial charge in [-0.15, -0.1) is 0 Å². The van der Waals surface area contributed by atoms with Crippen LogP contribution in [0.4, 0.5) is 0 Å². The molecule has 1 rings (SSSR count). The van der Waals surface area contributed by atoms with Crippen molar-refractivity contribution in [1.82, 2.24) is 0 Å². The Morgan fingerprint density at radius 3 is 2.80 bits per heavy atom. The van der Waals surface area contributed by atoms with Crippen molar-refractivity contribution in [3.63, 3.8) is 0 Å². The molecule has 5 heavy (non-hydrogen) atoms. The van der Waals surface area contributed by atoms with Crippen LogP contribution in [0.1, 0.15) is 6.42 Å². The Morgan fingerprint density at radius 2 is 2.60 bits per heavy atom. The van der Waals surface area contributed by atoms with E-state index < -0.39 is 0 Å². The van der Waals surface area contributed by atoms with E-state index in [-0.39, 0.29) is 21.6 Å². The molecule has 0 aromatic heterocycles. The van der Waals surface area contributed by atoms with Crippen molar-refractivity contribution in [2.24, 2.45) is 0 Å². The van der Waals surface area contributed by atoms with Crippen molar-refractivity contribution in [3.8, 4) is 0 Å². The molecule has 0 aromatic rings. The third-order valence-corrected chi connectivity index (χ3v) is 2.59. The average Bonchev–Trinajstić information content (AvgIpc) is 1.76. The van der Waals surface area contributed by atoms with E-state index in [9.17, 15) is 0 Å². The van der Waals surface area contributed by atoms with Crippen LogP contribution < -0.4 is 21.6 Å². The number of hydrogen-bond acceptors (Lipinski definition) is 1.